The van der Waals surface area contributed by atoms with Crippen LogP contribution in [0.2, 0.25) is 0 Å². The zero-order valence-electron chi connectivity index (χ0n) is 12.1. The lowest BCUT2D eigenvalue weighted by Gasteiger charge is -2.12. The number of methoxy groups -OCH3 is 1. The molecular formula is C16H18N2O3. The number of amides is 1. The van der Waals surface area contributed by atoms with E-state index in [1.54, 1.807) is 19.2 Å². The summed E-state index contributed by atoms with van der Waals surface area (Å²) in [5, 5.41) is 0. The van der Waals surface area contributed by atoms with Crippen molar-refractivity contribution in [1.29, 1.82) is 0 Å². The molecule has 0 fully saturated rings. The van der Waals surface area contributed by atoms with E-state index in [2.05, 4.69) is 6.92 Å². The molecule has 0 unspecified atom stereocenters. The molecule has 0 spiro atoms. The van der Waals surface area contributed by atoms with Gasteiger partial charge in [-0.2, -0.15) is 0 Å². The van der Waals surface area contributed by atoms with Crippen LogP contribution < -0.4 is 20.9 Å². The highest BCUT2D eigenvalue weighted by molar-refractivity contribution is 5.98. The van der Waals surface area contributed by atoms with E-state index in [0.29, 0.717) is 22.9 Å². The van der Waals surface area contributed by atoms with Gasteiger partial charge in [0.15, 0.2) is 11.5 Å². The summed E-state index contributed by atoms with van der Waals surface area (Å²) in [6, 6.07) is 10.5. The van der Waals surface area contributed by atoms with Crippen LogP contribution >= 0.6 is 0 Å². The minimum Gasteiger partial charge on any atom is -0.493 e. The van der Waals surface area contributed by atoms with Gasteiger partial charge in [-0.1, -0.05) is 13.0 Å². The first-order valence-corrected chi connectivity index (χ1v) is 6.59. The highest BCUT2D eigenvalue weighted by Crippen LogP contribution is 2.33. The molecule has 21 heavy (non-hydrogen) atoms. The molecule has 0 aliphatic heterocycles. The molecule has 0 heterocycles. The molecule has 0 aromatic heterocycles. The molecule has 2 aromatic carbocycles. The van der Waals surface area contributed by atoms with E-state index in [-0.39, 0.29) is 5.56 Å². The van der Waals surface area contributed by atoms with Gasteiger partial charge in [-0.05, 0) is 42.3 Å². The fraction of sp³-hybridized carbons (Fsp3) is 0.188. The van der Waals surface area contributed by atoms with Crippen molar-refractivity contribution >= 4 is 11.6 Å². The molecule has 5 heteroatoms. The average molecular weight is 286 g/mol. The highest BCUT2D eigenvalue weighted by Gasteiger charge is 2.10. The third-order valence-corrected chi connectivity index (χ3v) is 3.15. The molecule has 0 atom stereocenters. The van der Waals surface area contributed by atoms with Crippen molar-refractivity contribution in [2.45, 2.75) is 13.3 Å². The van der Waals surface area contributed by atoms with E-state index in [4.69, 9.17) is 20.9 Å². The van der Waals surface area contributed by atoms with Gasteiger partial charge in [-0.25, -0.2) is 0 Å². The molecule has 2 rings (SSSR count). The monoisotopic (exact) mass is 286 g/mol. The lowest BCUT2D eigenvalue weighted by molar-refractivity contribution is 0.100. The van der Waals surface area contributed by atoms with Crippen LogP contribution in [-0.4, -0.2) is 13.0 Å². The van der Waals surface area contributed by atoms with Crippen molar-refractivity contribution in [2.24, 2.45) is 5.73 Å². The molecule has 4 N–H and O–H groups in total. The summed E-state index contributed by atoms with van der Waals surface area (Å²) in [5.41, 5.74) is 12.7. The molecule has 0 radical (unpaired) electrons. The number of nitrogen functional groups attached to an aromatic ring is 1. The van der Waals surface area contributed by atoms with E-state index >= 15 is 0 Å². The lowest BCUT2D eigenvalue weighted by Crippen LogP contribution is -2.13. The van der Waals surface area contributed by atoms with E-state index in [1.165, 1.54) is 6.07 Å². The van der Waals surface area contributed by atoms with Crippen molar-refractivity contribution in [3.05, 3.63) is 47.5 Å². The number of anilines is 1. The van der Waals surface area contributed by atoms with Crippen LogP contribution in [0.5, 0.6) is 17.2 Å². The van der Waals surface area contributed by atoms with Gasteiger partial charge in [-0.3, -0.25) is 4.79 Å². The van der Waals surface area contributed by atoms with Crippen molar-refractivity contribution in [2.75, 3.05) is 12.8 Å². The SMILES string of the molecule is CCc1ccc(Oc2ccc(N)c(C(N)=O)c2)c(OC)c1. The van der Waals surface area contributed by atoms with Crippen LogP contribution in [0.4, 0.5) is 5.69 Å². The predicted octanol–water partition coefficient (Wildman–Crippen LogP) is 2.73. The summed E-state index contributed by atoms with van der Waals surface area (Å²) < 4.78 is 11.1. The Hall–Kier alpha value is -2.69. The fourth-order valence-electron chi connectivity index (χ4n) is 1.96. The molecule has 0 aliphatic carbocycles. The van der Waals surface area contributed by atoms with Gasteiger partial charge in [0.1, 0.15) is 5.75 Å². The predicted molar refractivity (Wildman–Crippen MR) is 81.8 cm³/mol. The van der Waals surface area contributed by atoms with E-state index in [9.17, 15) is 4.79 Å². The molecule has 0 aliphatic rings. The summed E-state index contributed by atoms with van der Waals surface area (Å²) in [7, 11) is 1.58. The summed E-state index contributed by atoms with van der Waals surface area (Å²) in [5.74, 6) is 1.08. The second-order valence-electron chi connectivity index (χ2n) is 4.55. The Bertz CT molecular complexity index is 669. The largest absolute Gasteiger partial charge is 0.493 e. The van der Waals surface area contributed by atoms with Crippen LogP contribution in [0.25, 0.3) is 0 Å². The molecule has 5 nitrogen and oxygen atoms in total. The van der Waals surface area contributed by atoms with E-state index < -0.39 is 5.91 Å². The van der Waals surface area contributed by atoms with Gasteiger partial charge in [-0.15, -0.1) is 0 Å². The van der Waals surface area contributed by atoms with Crippen molar-refractivity contribution in [3.63, 3.8) is 0 Å². The normalized spacial score (nSPS) is 10.2. The Morgan fingerprint density at radius 2 is 1.90 bits per heavy atom. The molecular weight excluding hydrogens is 268 g/mol. The van der Waals surface area contributed by atoms with Gasteiger partial charge < -0.3 is 20.9 Å². The highest BCUT2D eigenvalue weighted by atomic mass is 16.5. The van der Waals surface area contributed by atoms with Gasteiger partial charge in [0.05, 0.1) is 12.7 Å². The number of carbonyl (C=O) groups excluding carboxylic acids is 1. The number of nitrogens with two attached hydrogens (primary N) is 2. The third-order valence-electron chi connectivity index (χ3n) is 3.15. The summed E-state index contributed by atoms with van der Waals surface area (Å²) in [6.45, 7) is 2.06. The van der Waals surface area contributed by atoms with E-state index in [1.807, 2.05) is 18.2 Å². The minimum atomic E-state index is -0.591. The maximum atomic E-state index is 11.3. The lowest BCUT2D eigenvalue weighted by atomic mass is 10.1. The Labute approximate surface area is 123 Å². The second kappa shape index (κ2) is 6.17. The average Bonchev–Trinajstić information content (AvgIpc) is 2.49. The number of benzene rings is 2. The third kappa shape index (κ3) is 3.25. The number of ether oxygens (including phenoxy) is 2. The van der Waals surface area contributed by atoms with Gasteiger partial charge in [0.2, 0.25) is 0 Å². The maximum Gasteiger partial charge on any atom is 0.250 e. The van der Waals surface area contributed by atoms with Crippen LogP contribution in [0.3, 0.4) is 0 Å². The van der Waals surface area contributed by atoms with Gasteiger partial charge >= 0.3 is 0 Å². The number of rotatable bonds is 5. The standard InChI is InChI=1S/C16H18N2O3/c1-3-10-4-7-14(15(8-10)20-2)21-11-5-6-13(17)12(9-11)16(18)19/h4-9H,3,17H2,1-2H3,(H2,18,19). The first-order chi connectivity index (χ1) is 10.0. The number of hydrogen-bond donors (Lipinski definition) is 2. The maximum absolute atomic E-state index is 11.3. The van der Waals surface area contributed by atoms with Crippen LogP contribution in [0.1, 0.15) is 22.8 Å². The van der Waals surface area contributed by atoms with Crippen molar-refractivity contribution in [1.82, 2.24) is 0 Å². The number of hydrogen-bond acceptors (Lipinski definition) is 4. The second-order valence-corrected chi connectivity index (χ2v) is 4.55. The zero-order valence-corrected chi connectivity index (χ0v) is 12.1. The van der Waals surface area contributed by atoms with Crippen molar-refractivity contribution < 1.29 is 14.3 Å². The Morgan fingerprint density at radius 1 is 1.14 bits per heavy atom. The topological polar surface area (TPSA) is 87.6 Å². The van der Waals surface area contributed by atoms with Crippen molar-refractivity contribution in [3.8, 4) is 17.2 Å². The molecule has 0 saturated carbocycles. The Balaban J connectivity index is 2.34. The Morgan fingerprint density at radius 3 is 2.52 bits per heavy atom. The van der Waals surface area contributed by atoms with Crippen LogP contribution in [0.15, 0.2) is 36.4 Å². The van der Waals surface area contributed by atoms with Gasteiger partial charge in [0, 0.05) is 5.69 Å². The molecule has 110 valence electrons. The number of primary amides is 1. The molecule has 2 aromatic rings. The fourth-order valence-corrected chi connectivity index (χ4v) is 1.96. The number of aryl methyl sites for hydroxylation is 1. The summed E-state index contributed by atoms with van der Waals surface area (Å²) >= 11 is 0. The smallest absolute Gasteiger partial charge is 0.250 e. The quantitative estimate of drug-likeness (QED) is 0.827. The summed E-state index contributed by atoms with van der Waals surface area (Å²) in [4.78, 5) is 11.3. The molecule has 0 saturated heterocycles. The minimum absolute atomic E-state index is 0.233. The zero-order chi connectivity index (χ0) is 15.4. The molecule has 1 amide bonds. The number of carbonyl (C=O) groups is 1. The summed E-state index contributed by atoms with van der Waals surface area (Å²) in [6.07, 6.45) is 0.907. The molecule has 0 bridgehead atoms. The van der Waals surface area contributed by atoms with Gasteiger partial charge in [0.25, 0.3) is 5.91 Å². The van der Waals surface area contributed by atoms with Crippen LogP contribution in [0, 0.1) is 0 Å². The van der Waals surface area contributed by atoms with Crippen LogP contribution in [-0.2, 0) is 6.42 Å². The van der Waals surface area contributed by atoms with E-state index in [0.717, 1.165) is 12.0 Å². The first-order valence-electron chi connectivity index (χ1n) is 6.59. The Kier molecular flexibility index (Phi) is 4.33. The first kappa shape index (κ1) is 14.7.